The van der Waals surface area contributed by atoms with Crippen LogP contribution in [0.1, 0.15) is 91.6 Å². The number of ether oxygens (including phenoxy) is 1. The lowest BCUT2D eigenvalue weighted by Crippen LogP contribution is -2.62. The van der Waals surface area contributed by atoms with Gasteiger partial charge >= 0.3 is 12.0 Å². The average molecular weight is 735 g/mol. The molecule has 6 atom stereocenters. The fourth-order valence-corrected chi connectivity index (χ4v) is 6.76. The van der Waals surface area contributed by atoms with Crippen molar-refractivity contribution in [1.82, 2.24) is 26.2 Å². The Hall–Kier alpha value is -4.30. The number of halogens is 2. The fourth-order valence-electron chi connectivity index (χ4n) is 6.76. The van der Waals surface area contributed by atoms with E-state index in [1.54, 1.807) is 79.7 Å². The van der Waals surface area contributed by atoms with E-state index in [-0.39, 0.29) is 36.3 Å². The van der Waals surface area contributed by atoms with Gasteiger partial charge in [0.05, 0.1) is 0 Å². The number of alkyl halides is 2. The first-order valence-corrected chi connectivity index (χ1v) is 17.7. The molecule has 52 heavy (non-hydrogen) atoms. The van der Waals surface area contributed by atoms with E-state index >= 15 is 0 Å². The maximum atomic E-state index is 14.3. The van der Waals surface area contributed by atoms with E-state index in [0.717, 1.165) is 5.56 Å². The number of nitrogens with one attached hydrogen (secondary N) is 4. The van der Waals surface area contributed by atoms with Gasteiger partial charge in [-0.1, -0.05) is 60.6 Å². The number of likely N-dealkylation sites (tertiary alicyclic amines) is 1. The van der Waals surface area contributed by atoms with Gasteiger partial charge in [-0.25, -0.2) is 18.4 Å². The quantitative estimate of drug-likeness (QED) is 0.182. The van der Waals surface area contributed by atoms with E-state index < -0.39 is 83.7 Å². The summed E-state index contributed by atoms with van der Waals surface area (Å²) in [7, 11) is 0. The van der Waals surface area contributed by atoms with Gasteiger partial charge in [0.15, 0.2) is 0 Å². The molecule has 6 amide bonds. The molecule has 1 aromatic carbocycles. The zero-order valence-electron chi connectivity index (χ0n) is 31.9. The third kappa shape index (κ3) is 10.6. The van der Waals surface area contributed by atoms with Gasteiger partial charge in [0.1, 0.15) is 29.8 Å². The number of benzene rings is 1. The lowest BCUT2D eigenvalue weighted by molar-refractivity contribution is -0.158. The highest BCUT2D eigenvalue weighted by atomic mass is 19.3. The highest BCUT2D eigenvalue weighted by Crippen LogP contribution is 2.65. The van der Waals surface area contributed by atoms with Gasteiger partial charge in [-0.2, -0.15) is 0 Å². The molecular formula is C37H56F2N6O7. The van der Waals surface area contributed by atoms with Crippen molar-refractivity contribution < 1.29 is 42.3 Å². The molecule has 0 radical (unpaired) electrons. The molecule has 1 saturated heterocycles. The number of carbonyl (C=O) groups is 6. The number of amides is 6. The first-order valence-electron chi connectivity index (χ1n) is 17.7. The summed E-state index contributed by atoms with van der Waals surface area (Å²) in [6, 6.07) is 0.823. The molecule has 6 N–H and O–H groups in total. The third-order valence-corrected chi connectivity index (χ3v) is 9.76. The molecule has 1 saturated carbocycles. The minimum absolute atomic E-state index is 0.0672. The minimum Gasteiger partial charge on any atom is -0.458 e. The van der Waals surface area contributed by atoms with Crippen molar-refractivity contribution >= 4 is 35.6 Å². The Kier molecular flexibility index (Phi) is 13.1. The van der Waals surface area contributed by atoms with Gasteiger partial charge in [0.2, 0.25) is 30.1 Å². The molecule has 2 fully saturated rings. The van der Waals surface area contributed by atoms with Crippen LogP contribution < -0.4 is 27.0 Å². The summed E-state index contributed by atoms with van der Waals surface area (Å²) < 4.78 is 32.9. The summed E-state index contributed by atoms with van der Waals surface area (Å²) in [6.07, 6.45) is -3.52. The van der Waals surface area contributed by atoms with Gasteiger partial charge in [-0.15, -0.1) is 0 Å². The van der Waals surface area contributed by atoms with Crippen LogP contribution in [0.15, 0.2) is 24.3 Å². The number of esters is 1. The number of rotatable bonds is 14. The van der Waals surface area contributed by atoms with Crippen molar-refractivity contribution in [3.05, 3.63) is 35.4 Å². The number of piperidine rings is 1. The summed E-state index contributed by atoms with van der Waals surface area (Å²) in [5, 5.41) is 10.4. The van der Waals surface area contributed by atoms with Gasteiger partial charge < -0.3 is 36.6 Å². The van der Waals surface area contributed by atoms with Crippen molar-refractivity contribution in [3.8, 4) is 0 Å². The predicted molar refractivity (Wildman–Crippen MR) is 190 cm³/mol. The molecular weight excluding hydrogens is 678 g/mol. The molecule has 15 heteroatoms. The number of primary amides is 1. The lowest BCUT2D eigenvalue weighted by Gasteiger charge is -2.38. The van der Waals surface area contributed by atoms with Crippen LogP contribution >= 0.6 is 0 Å². The first kappa shape index (κ1) is 42.1. The number of nitrogens with zero attached hydrogens (tertiary/aromatic N) is 1. The molecule has 1 aliphatic carbocycles. The number of hydrogen-bond donors (Lipinski definition) is 5. The van der Waals surface area contributed by atoms with E-state index in [1.807, 2.05) is 13.8 Å². The summed E-state index contributed by atoms with van der Waals surface area (Å²) in [5.74, 6) is -4.02. The molecule has 0 aromatic heterocycles. The van der Waals surface area contributed by atoms with Crippen LogP contribution in [0, 0.1) is 28.6 Å². The van der Waals surface area contributed by atoms with Crippen molar-refractivity contribution in [2.24, 2.45) is 34.3 Å². The standard InChI is InChI=1S/C37H56F2N6O7/c1-19(2)26(33(50)52-36(6,7)8)43-34(51)44-28(35(3,4)5)32(49)45-18-22-25(37(22,9)10)27(45)31(48)42-23(17-24(38)39)30(47)41-16-15-20-11-13-21(14-12-20)29(40)46/h11-14,19,22-28H,15-18H2,1-10H3,(H2,40,46)(H,41,47)(H,42,48)(H2,43,44,51)/t22-,23-,25-,26-,27-,28+/m0/s1. The van der Waals surface area contributed by atoms with Gasteiger partial charge in [-0.3, -0.25) is 19.2 Å². The second-order valence-electron chi connectivity index (χ2n) is 16.9. The van der Waals surface area contributed by atoms with Crippen LogP contribution in [0.5, 0.6) is 0 Å². The zero-order valence-corrected chi connectivity index (χ0v) is 31.9. The highest BCUT2D eigenvalue weighted by molar-refractivity contribution is 5.96. The fraction of sp³-hybridized carbons (Fsp3) is 0.676. The Morgan fingerprint density at radius 1 is 0.962 bits per heavy atom. The molecule has 0 spiro atoms. The molecule has 0 unspecified atom stereocenters. The molecule has 290 valence electrons. The van der Waals surface area contributed by atoms with Crippen LogP contribution in [0.4, 0.5) is 13.6 Å². The number of nitrogens with two attached hydrogens (primary N) is 1. The second-order valence-corrected chi connectivity index (χ2v) is 16.9. The normalized spacial score (nSPS) is 21.0. The number of fused-ring (bicyclic) bond motifs is 1. The Labute approximate surface area is 304 Å². The number of hydrogen-bond acceptors (Lipinski definition) is 7. The van der Waals surface area contributed by atoms with Crippen LogP contribution in [-0.4, -0.2) is 89.8 Å². The highest BCUT2D eigenvalue weighted by Gasteiger charge is 2.70. The van der Waals surface area contributed by atoms with Crippen molar-refractivity contribution in [2.75, 3.05) is 13.1 Å². The van der Waals surface area contributed by atoms with Crippen LogP contribution in [0.25, 0.3) is 0 Å². The van der Waals surface area contributed by atoms with E-state index in [1.165, 1.54) is 4.90 Å². The Balaban J connectivity index is 1.77. The van der Waals surface area contributed by atoms with Crippen molar-refractivity contribution in [1.29, 1.82) is 0 Å². The van der Waals surface area contributed by atoms with Gasteiger partial charge in [0, 0.05) is 25.1 Å². The largest absolute Gasteiger partial charge is 0.458 e. The predicted octanol–water partition coefficient (Wildman–Crippen LogP) is 3.15. The molecule has 0 bridgehead atoms. The van der Waals surface area contributed by atoms with Crippen LogP contribution in [0.3, 0.4) is 0 Å². The Morgan fingerprint density at radius 3 is 2.06 bits per heavy atom. The summed E-state index contributed by atoms with van der Waals surface area (Å²) in [4.78, 5) is 80.2. The molecule has 3 rings (SSSR count). The van der Waals surface area contributed by atoms with Gasteiger partial charge in [0.25, 0.3) is 0 Å². The molecule has 1 heterocycles. The SMILES string of the molecule is CC(C)[C@H](NC(=O)N[C@H](C(=O)N1C[C@H]2[C@@H]([C@H]1C(=O)N[C@@H](CC(F)F)C(=O)NCCc1ccc(C(N)=O)cc1)C2(C)C)C(C)(C)C)C(=O)OC(C)(C)C. The number of carbonyl (C=O) groups excluding carboxylic acids is 6. The third-order valence-electron chi connectivity index (χ3n) is 9.76. The van der Waals surface area contributed by atoms with Gasteiger partial charge in [-0.05, 0) is 73.5 Å². The maximum absolute atomic E-state index is 14.3. The molecule has 1 aromatic rings. The van der Waals surface area contributed by atoms with E-state index in [2.05, 4.69) is 21.3 Å². The summed E-state index contributed by atoms with van der Waals surface area (Å²) in [6.45, 7) is 18.0. The van der Waals surface area contributed by atoms with Crippen LogP contribution in [0.2, 0.25) is 0 Å². The van der Waals surface area contributed by atoms with E-state index in [0.29, 0.717) is 12.0 Å². The Morgan fingerprint density at radius 2 is 1.56 bits per heavy atom. The second kappa shape index (κ2) is 16.2. The smallest absolute Gasteiger partial charge is 0.329 e. The molecule has 13 nitrogen and oxygen atoms in total. The van der Waals surface area contributed by atoms with E-state index in [9.17, 15) is 37.5 Å². The van der Waals surface area contributed by atoms with Crippen molar-refractivity contribution in [2.45, 2.75) is 118 Å². The molecule has 1 aliphatic heterocycles. The Bertz CT molecular complexity index is 1500. The number of urea groups is 1. The topological polar surface area (TPSA) is 189 Å². The molecule has 2 aliphatic rings. The van der Waals surface area contributed by atoms with E-state index in [4.69, 9.17) is 10.5 Å². The minimum atomic E-state index is -2.91. The van der Waals surface area contributed by atoms with Crippen molar-refractivity contribution in [3.63, 3.8) is 0 Å². The summed E-state index contributed by atoms with van der Waals surface area (Å²) >= 11 is 0. The lowest BCUT2D eigenvalue weighted by atomic mass is 9.85. The first-order chi connectivity index (χ1) is 23.8. The average Bonchev–Trinajstić information content (AvgIpc) is 3.31. The summed E-state index contributed by atoms with van der Waals surface area (Å²) in [5.41, 5.74) is 4.38. The zero-order chi connectivity index (χ0) is 39.5. The maximum Gasteiger partial charge on any atom is 0.329 e. The van der Waals surface area contributed by atoms with Crippen LogP contribution in [-0.2, 0) is 30.3 Å². The monoisotopic (exact) mass is 734 g/mol.